The summed E-state index contributed by atoms with van der Waals surface area (Å²) in [6, 6.07) is 9.95. The van der Waals surface area contributed by atoms with Gasteiger partial charge in [0, 0.05) is 50.7 Å². The van der Waals surface area contributed by atoms with Crippen LogP contribution in [0.25, 0.3) is 0 Å². The van der Waals surface area contributed by atoms with Crippen LogP contribution in [0.1, 0.15) is 26.3 Å². The molecule has 174 valence electrons. The molecule has 1 aromatic heterocycles. The number of hydrogen-bond donors (Lipinski definition) is 2. The summed E-state index contributed by atoms with van der Waals surface area (Å²) in [5.74, 6) is 3.16. The Labute approximate surface area is 191 Å². The number of aliphatic imine (C=N–C) groups is 1. The quantitative estimate of drug-likeness (QED) is 0.458. The zero-order valence-corrected chi connectivity index (χ0v) is 19.7. The minimum atomic E-state index is 0.563. The van der Waals surface area contributed by atoms with Gasteiger partial charge in [0.25, 0.3) is 0 Å². The molecule has 0 radical (unpaired) electrons. The van der Waals surface area contributed by atoms with Crippen molar-refractivity contribution in [2.45, 2.75) is 27.3 Å². The molecular formula is C24H36N6O2. The van der Waals surface area contributed by atoms with E-state index in [-0.39, 0.29) is 0 Å². The summed E-state index contributed by atoms with van der Waals surface area (Å²) in [6.07, 6.45) is 1.88. The number of benzene rings is 1. The first kappa shape index (κ1) is 23.7. The molecule has 0 spiro atoms. The topological polar surface area (TPSA) is 74.3 Å². The van der Waals surface area contributed by atoms with Crippen LogP contribution in [-0.2, 0) is 6.54 Å². The van der Waals surface area contributed by atoms with E-state index in [1.54, 1.807) is 7.11 Å². The zero-order chi connectivity index (χ0) is 22.8. The number of aromatic nitrogens is 1. The van der Waals surface area contributed by atoms with Gasteiger partial charge in [0.2, 0.25) is 0 Å². The van der Waals surface area contributed by atoms with Crippen molar-refractivity contribution < 1.29 is 9.47 Å². The number of methoxy groups -OCH3 is 1. The monoisotopic (exact) mass is 440 g/mol. The highest BCUT2D eigenvalue weighted by Crippen LogP contribution is 2.30. The molecule has 0 atom stereocenters. The summed E-state index contributed by atoms with van der Waals surface area (Å²) in [4.78, 5) is 14.2. The molecule has 3 rings (SSSR count). The molecule has 1 aromatic carbocycles. The van der Waals surface area contributed by atoms with Crippen LogP contribution in [0.5, 0.6) is 11.5 Å². The fourth-order valence-electron chi connectivity index (χ4n) is 3.66. The Bertz CT molecular complexity index is 881. The van der Waals surface area contributed by atoms with Crippen molar-refractivity contribution in [3.63, 3.8) is 0 Å². The van der Waals surface area contributed by atoms with Gasteiger partial charge >= 0.3 is 0 Å². The number of piperazine rings is 1. The normalized spacial score (nSPS) is 14.9. The van der Waals surface area contributed by atoms with Gasteiger partial charge in [-0.1, -0.05) is 6.92 Å². The number of anilines is 2. The summed E-state index contributed by atoms with van der Waals surface area (Å²) in [6.45, 7) is 13.4. The van der Waals surface area contributed by atoms with Crippen molar-refractivity contribution >= 4 is 17.5 Å². The van der Waals surface area contributed by atoms with Crippen LogP contribution in [0.3, 0.4) is 0 Å². The third-order valence-corrected chi connectivity index (χ3v) is 5.44. The first-order chi connectivity index (χ1) is 15.7. The molecule has 2 N–H and O–H groups in total. The molecule has 0 saturated carbocycles. The van der Waals surface area contributed by atoms with Crippen LogP contribution in [0, 0.1) is 0 Å². The zero-order valence-electron chi connectivity index (χ0n) is 19.7. The molecule has 2 heterocycles. The summed E-state index contributed by atoms with van der Waals surface area (Å²) >= 11 is 0. The highest BCUT2D eigenvalue weighted by molar-refractivity contribution is 5.93. The number of pyridine rings is 1. The molecule has 32 heavy (non-hydrogen) atoms. The van der Waals surface area contributed by atoms with E-state index in [1.165, 1.54) is 0 Å². The fourth-order valence-corrected chi connectivity index (χ4v) is 3.66. The Kier molecular flexibility index (Phi) is 8.98. The van der Waals surface area contributed by atoms with Crippen LogP contribution in [0.4, 0.5) is 11.5 Å². The first-order valence-corrected chi connectivity index (χ1v) is 11.4. The largest absolute Gasteiger partial charge is 0.493 e. The van der Waals surface area contributed by atoms with Crippen molar-refractivity contribution in [3.8, 4) is 11.5 Å². The third kappa shape index (κ3) is 6.50. The lowest BCUT2D eigenvalue weighted by Gasteiger charge is -2.34. The Morgan fingerprint density at radius 2 is 1.88 bits per heavy atom. The van der Waals surface area contributed by atoms with Crippen LogP contribution in [0.2, 0.25) is 0 Å². The molecule has 8 nitrogen and oxygen atoms in total. The molecule has 8 heteroatoms. The van der Waals surface area contributed by atoms with Crippen molar-refractivity contribution in [3.05, 3.63) is 42.1 Å². The fraction of sp³-hybridized carbons (Fsp3) is 0.500. The number of nitrogens with zero attached hydrogens (tertiary/aromatic N) is 4. The van der Waals surface area contributed by atoms with Crippen LogP contribution < -0.4 is 25.0 Å². The van der Waals surface area contributed by atoms with E-state index in [2.05, 4.69) is 45.3 Å². The Hall–Kier alpha value is -3.00. The maximum atomic E-state index is 5.60. The number of hydrogen-bond acceptors (Lipinski definition) is 6. The highest BCUT2D eigenvalue weighted by atomic mass is 16.5. The SMILES string of the molecule is CCNC(=NCc1ccnc(N2CCN(CC)CC2)c1)Nc1ccc(OCC)c(OC)c1. The smallest absolute Gasteiger partial charge is 0.196 e. The molecule has 1 aliphatic rings. The van der Waals surface area contributed by atoms with Crippen molar-refractivity contribution in [1.29, 1.82) is 0 Å². The van der Waals surface area contributed by atoms with E-state index in [4.69, 9.17) is 14.5 Å². The van der Waals surface area contributed by atoms with Gasteiger partial charge in [-0.05, 0) is 50.2 Å². The van der Waals surface area contributed by atoms with Crippen LogP contribution >= 0.6 is 0 Å². The summed E-state index contributed by atoms with van der Waals surface area (Å²) < 4.78 is 11.1. The molecule has 0 unspecified atom stereocenters. The second kappa shape index (κ2) is 12.1. The van der Waals surface area contributed by atoms with Gasteiger partial charge in [-0.3, -0.25) is 0 Å². The minimum absolute atomic E-state index is 0.563. The third-order valence-electron chi connectivity index (χ3n) is 5.44. The van der Waals surface area contributed by atoms with Crippen LogP contribution in [0.15, 0.2) is 41.5 Å². The van der Waals surface area contributed by atoms with E-state index < -0.39 is 0 Å². The van der Waals surface area contributed by atoms with Crippen molar-refractivity contribution in [2.24, 2.45) is 4.99 Å². The lowest BCUT2D eigenvalue weighted by molar-refractivity contribution is 0.270. The first-order valence-electron chi connectivity index (χ1n) is 11.4. The molecule has 1 fully saturated rings. The predicted molar refractivity (Wildman–Crippen MR) is 131 cm³/mol. The van der Waals surface area contributed by atoms with Gasteiger partial charge in [0.05, 0.1) is 20.3 Å². The lowest BCUT2D eigenvalue weighted by atomic mass is 10.2. The molecular weight excluding hydrogens is 404 g/mol. The molecule has 1 saturated heterocycles. The average Bonchev–Trinajstić information content (AvgIpc) is 2.84. The second-order valence-electron chi connectivity index (χ2n) is 7.56. The van der Waals surface area contributed by atoms with E-state index in [9.17, 15) is 0 Å². The maximum absolute atomic E-state index is 5.60. The Morgan fingerprint density at radius 3 is 2.56 bits per heavy atom. The van der Waals surface area contributed by atoms with E-state index >= 15 is 0 Å². The number of guanidine groups is 1. The van der Waals surface area contributed by atoms with E-state index in [0.29, 0.717) is 24.9 Å². The second-order valence-corrected chi connectivity index (χ2v) is 7.56. The molecule has 1 aliphatic heterocycles. The average molecular weight is 441 g/mol. The molecule has 0 aliphatic carbocycles. The summed E-state index contributed by atoms with van der Waals surface area (Å²) in [5, 5.41) is 6.66. The van der Waals surface area contributed by atoms with Crippen molar-refractivity contribution in [2.75, 3.05) is 63.2 Å². The molecule has 2 aromatic rings. The number of likely N-dealkylation sites (N-methyl/N-ethyl adjacent to an activating group) is 1. The molecule has 0 amide bonds. The Balaban J connectivity index is 1.68. The number of ether oxygens (including phenoxy) is 2. The van der Waals surface area contributed by atoms with Gasteiger partial charge in [-0.2, -0.15) is 0 Å². The lowest BCUT2D eigenvalue weighted by Crippen LogP contribution is -2.46. The Morgan fingerprint density at radius 1 is 1.06 bits per heavy atom. The van der Waals surface area contributed by atoms with Gasteiger partial charge in [0.1, 0.15) is 5.82 Å². The van der Waals surface area contributed by atoms with Gasteiger partial charge in [-0.25, -0.2) is 9.98 Å². The maximum Gasteiger partial charge on any atom is 0.196 e. The van der Waals surface area contributed by atoms with Gasteiger partial charge in [-0.15, -0.1) is 0 Å². The summed E-state index contributed by atoms with van der Waals surface area (Å²) in [7, 11) is 1.64. The standard InChI is InChI=1S/C24H36N6O2/c1-5-25-24(28-20-8-9-21(32-7-3)22(17-20)31-4)27-18-19-10-11-26-23(16-19)30-14-12-29(6-2)13-15-30/h8-11,16-17H,5-7,12-15,18H2,1-4H3,(H2,25,27,28). The van der Waals surface area contributed by atoms with E-state index in [0.717, 1.165) is 62.1 Å². The summed E-state index contributed by atoms with van der Waals surface area (Å²) in [5.41, 5.74) is 2.02. The number of rotatable bonds is 9. The van der Waals surface area contributed by atoms with Crippen molar-refractivity contribution in [1.82, 2.24) is 15.2 Å². The van der Waals surface area contributed by atoms with Crippen LogP contribution in [-0.4, -0.2) is 68.8 Å². The predicted octanol–water partition coefficient (Wildman–Crippen LogP) is 3.21. The van der Waals surface area contributed by atoms with E-state index in [1.807, 2.05) is 37.4 Å². The van der Waals surface area contributed by atoms with Gasteiger partial charge < -0.3 is 29.9 Å². The molecule has 0 bridgehead atoms. The highest BCUT2D eigenvalue weighted by Gasteiger charge is 2.16. The number of nitrogens with one attached hydrogen (secondary N) is 2. The van der Waals surface area contributed by atoms with Gasteiger partial charge in [0.15, 0.2) is 17.5 Å². The minimum Gasteiger partial charge on any atom is -0.493 e.